The minimum absolute atomic E-state index is 0.660. The molecule has 29 heavy (non-hydrogen) atoms. The van der Waals surface area contributed by atoms with Crippen molar-refractivity contribution in [1.29, 1.82) is 0 Å². The number of benzene rings is 1. The largest absolute Gasteiger partial charge is 0.497 e. The van der Waals surface area contributed by atoms with Gasteiger partial charge in [-0.15, -0.1) is 0 Å². The fraction of sp³-hybridized carbons (Fsp3) is 0.450. The summed E-state index contributed by atoms with van der Waals surface area (Å²) in [5, 5.41) is 4.35. The summed E-state index contributed by atoms with van der Waals surface area (Å²) in [4.78, 5) is 13.8. The van der Waals surface area contributed by atoms with Crippen LogP contribution in [0.1, 0.15) is 5.56 Å². The molecule has 0 radical (unpaired) electrons. The molecule has 0 spiro atoms. The Hall–Kier alpha value is -2.91. The summed E-state index contributed by atoms with van der Waals surface area (Å²) in [7, 11) is 1.65. The van der Waals surface area contributed by atoms with Crippen LogP contribution in [0.2, 0.25) is 0 Å². The van der Waals surface area contributed by atoms with Gasteiger partial charge >= 0.3 is 0 Å². The van der Waals surface area contributed by atoms with E-state index < -0.39 is 0 Å². The molecule has 0 amide bonds. The molecule has 9 nitrogen and oxygen atoms in total. The number of hydrogen-bond acceptors (Lipinski definition) is 9. The topological polar surface area (TPSA) is 84.3 Å². The van der Waals surface area contributed by atoms with Gasteiger partial charge in [-0.2, -0.15) is 15.1 Å². The number of methoxy groups -OCH3 is 1. The lowest BCUT2D eigenvalue weighted by atomic mass is 10.2. The molecule has 0 saturated carbocycles. The molecule has 1 aromatic carbocycles. The van der Waals surface area contributed by atoms with Crippen molar-refractivity contribution in [2.24, 2.45) is 5.10 Å². The van der Waals surface area contributed by atoms with E-state index in [1.165, 1.54) is 0 Å². The Morgan fingerprint density at radius 3 is 2.28 bits per heavy atom. The molecule has 1 aromatic heterocycles. The molecule has 1 N–H and O–H groups in total. The highest BCUT2D eigenvalue weighted by Crippen LogP contribution is 2.22. The molecule has 2 fully saturated rings. The highest BCUT2D eigenvalue weighted by molar-refractivity contribution is 5.80. The van der Waals surface area contributed by atoms with E-state index in [1.807, 2.05) is 30.3 Å². The molecule has 0 bridgehead atoms. The number of nitrogens with one attached hydrogen (secondary N) is 1. The van der Waals surface area contributed by atoms with Gasteiger partial charge in [0.1, 0.15) is 11.6 Å². The van der Waals surface area contributed by atoms with Crippen molar-refractivity contribution < 1.29 is 14.2 Å². The van der Waals surface area contributed by atoms with Crippen LogP contribution in [0.3, 0.4) is 0 Å². The molecule has 4 rings (SSSR count). The fourth-order valence-corrected chi connectivity index (χ4v) is 3.20. The molecule has 2 aromatic rings. The van der Waals surface area contributed by atoms with E-state index in [0.717, 1.165) is 43.3 Å². The standard InChI is InChI=1S/C20H26N6O3/c1-27-17-4-2-16(3-5-17)15-21-24-18-14-19(25-6-10-28-11-7-25)23-20(22-18)26-8-12-29-13-9-26/h2-5,14-15H,6-13H2,1H3,(H,22,23,24)/b21-15-. The minimum Gasteiger partial charge on any atom is -0.497 e. The van der Waals surface area contributed by atoms with Crippen LogP contribution in [-0.4, -0.2) is 75.9 Å². The van der Waals surface area contributed by atoms with Crippen molar-refractivity contribution in [1.82, 2.24) is 9.97 Å². The van der Waals surface area contributed by atoms with Gasteiger partial charge in [0.15, 0.2) is 5.82 Å². The van der Waals surface area contributed by atoms with Crippen molar-refractivity contribution in [3.8, 4) is 5.75 Å². The third kappa shape index (κ3) is 5.12. The predicted molar refractivity (Wildman–Crippen MR) is 112 cm³/mol. The van der Waals surface area contributed by atoms with Gasteiger partial charge in [-0.1, -0.05) is 0 Å². The lowest BCUT2D eigenvalue weighted by Crippen LogP contribution is -2.39. The van der Waals surface area contributed by atoms with Gasteiger partial charge in [-0.3, -0.25) is 5.43 Å². The molecular weight excluding hydrogens is 372 g/mol. The summed E-state index contributed by atoms with van der Waals surface area (Å²) in [6.45, 7) is 5.96. The van der Waals surface area contributed by atoms with Crippen LogP contribution in [-0.2, 0) is 9.47 Å². The minimum atomic E-state index is 0.660. The molecule has 2 aliphatic rings. The van der Waals surface area contributed by atoms with Gasteiger partial charge in [0.25, 0.3) is 0 Å². The normalized spacial score (nSPS) is 17.6. The van der Waals surface area contributed by atoms with Crippen LogP contribution in [0.4, 0.5) is 17.6 Å². The molecule has 0 aliphatic carbocycles. The van der Waals surface area contributed by atoms with Gasteiger partial charge in [-0.25, -0.2) is 0 Å². The molecule has 2 aliphatic heterocycles. The number of anilines is 3. The zero-order valence-electron chi connectivity index (χ0n) is 16.6. The Labute approximate surface area is 170 Å². The van der Waals surface area contributed by atoms with E-state index in [1.54, 1.807) is 13.3 Å². The Kier molecular flexibility index (Phi) is 6.38. The van der Waals surface area contributed by atoms with Crippen LogP contribution in [0, 0.1) is 0 Å². The maximum atomic E-state index is 5.47. The van der Waals surface area contributed by atoms with Gasteiger partial charge in [0.05, 0.1) is 39.8 Å². The SMILES string of the molecule is COc1ccc(/C=N\Nc2cc(N3CCOCC3)nc(N3CCOCC3)n2)cc1. The second-order valence-corrected chi connectivity index (χ2v) is 6.75. The van der Waals surface area contributed by atoms with Crippen LogP contribution in [0.5, 0.6) is 5.75 Å². The predicted octanol–water partition coefficient (Wildman–Crippen LogP) is 1.60. The third-order valence-electron chi connectivity index (χ3n) is 4.84. The number of hydrogen-bond donors (Lipinski definition) is 1. The van der Waals surface area contributed by atoms with Gasteiger partial charge in [0.2, 0.25) is 5.95 Å². The Balaban J connectivity index is 1.52. The average Bonchev–Trinajstić information content (AvgIpc) is 2.80. The number of hydrazone groups is 1. The van der Waals surface area contributed by atoms with Crippen molar-refractivity contribution in [3.63, 3.8) is 0 Å². The maximum absolute atomic E-state index is 5.47. The third-order valence-corrected chi connectivity index (χ3v) is 4.84. The quantitative estimate of drug-likeness (QED) is 0.580. The summed E-state index contributed by atoms with van der Waals surface area (Å²) in [5.74, 6) is 3.05. The summed E-state index contributed by atoms with van der Waals surface area (Å²) >= 11 is 0. The smallest absolute Gasteiger partial charge is 0.229 e. The second kappa shape index (κ2) is 9.53. The summed E-state index contributed by atoms with van der Waals surface area (Å²) in [6.07, 6.45) is 1.75. The molecule has 0 unspecified atom stereocenters. The molecule has 0 atom stereocenters. The first-order valence-electron chi connectivity index (χ1n) is 9.79. The van der Waals surface area contributed by atoms with E-state index >= 15 is 0 Å². The summed E-state index contributed by atoms with van der Waals surface area (Å²) < 4.78 is 16.1. The Morgan fingerprint density at radius 2 is 1.62 bits per heavy atom. The molecule has 154 valence electrons. The number of morpholine rings is 2. The number of aromatic nitrogens is 2. The van der Waals surface area contributed by atoms with Crippen molar-refractivity contribution >= 4 is 23.8 Å². The zero-order chi connectivity index (χ0) is 19.9. The number of nitrogens with zero attached hydrogens (tertiary/aromatic N) is 5. The first-order valence-corrected chi connectivity index (χ1v) is 9.79. The van der Waals surface area contributed by atoms with Crippen LogP contribution in [0.25, 0.3) is 0 Å². The zero-order valence-corrected chi connectivity index (χ0v) is 16.6. The fourth-order valence-electron chi connectivity index (χ4n) is 3.20. The maximum Gasteiger partial charge on any atom is 0.229 e. The van der Waals surface area contributed by atoms with Gasteiger partial charge in [-0.05, 0) is 29.8 Å². The molecule has 9 heteroatoms. The second-order valence-electron chi connectivity index (χ2n) is 6.75. The van der Waals surface area contributed by atoms with Gasteiger partial charge < -0.3 is 24.0 Å². The Bertz CT molecular complexity index is 781. The number of ether oxygens (including phenoxy) is 3. The first-order chi connectivity index (χ1) is 14.3. The van der Waals surface area contributed by atoms with Crippen molar-refractivity contribution in [3.05, 3.63) is 35.9 Å². The monoisotopic (exact) mass is 398 g/mol. The van der Waals surface area contributed by atoms with Crippen LogP contribution >= 0.6 is 0 Å². The van der Waals surface area contributed by atoms with Crippen molar-refractivity contribution in [2.75, 3.05) is 74.9 Å². The highest BCUT2D eigenvalue weighted by atomic mass is 16.5. The first kappa shape index (κ1) is 19.4. The average molecular weight is 398 g/mol. The molecule has 3 heterocycles. The summed E-state index contributed by atoms with van der Waals surface area (Å²) in [6, 6.07) is 9.63. The van der Waals surface area contributed by atoms with Crippen LogP contribution in [0.15, 0.2) is 35.4 Å². The molecule has 2 saturated heterocycles. The Morgan fingerprint density at radius 1 is 0.966 bits per heavy atom. The lowest BCUT2D eigenvalue weighted by molar-refractivity contribution is 0.121. The summed E-state index contributed by atoms with van der Waals surface area (Å²) in [5.41, 5.74) is 4.02. The lowest BCUT2D eigenvalue weighted by Gasteiger charge is -2.31. The van der Waals surface area contributed by atoms with Gasteiger partial charge in [0, 0.05) is 32.2 Å². The number of rotatable bonds is 6. The van der Waals surface area contributed by atoms with Crippen molar-refractivity contribution in [2.45, 2.75) is 0 Å². The highest BCUT2D eigenvalue weighted by Gasteiger charge is 2.19. The van der Waals surface area contributed by atoms with E-state index in [9.17, 15) is 0 Å². The van der Waals surface area contributed by atoms with Crippen LogP contribution < -0.4 is 20.0 Å². The molecular formula is C20H26N6O3. The van der Waals surface area contributed by atoms with E-state index in [-0.39, 0.29) is 0 Å². The van der Waals surface area contributed by atoms with E-state index in [0.29, 0.717) is 38.2 Å². The van der Waals surface area contributed by atoms with E-state index in [4.69, 9.17) is 19.2 Å². The van der Waals surface area contributed by atoms with E-state index in [2.05, 4.69) is 25.3 Å².